The van der Waals surface area contributed by atoms with Gasteiger partial charge >= 0.3 is 0 Å². The van der Waals surface area contributed by atoms with Gasteiger partial charge in [0, 0.05) is 18.8 Å². The summed E-state index contributed by atoms with van der Waals surface area (Å²) in [5.41, 5.74) is 0. The molecular formula is C17H27. The van der Waals surface area contributed by atoms with E-state index in [9.17, 15) is 0 Å². The minimum absolute atomic E-state index is 0.575. The Hall–Kier alpha value is -0.880. The van der Waals surface area contributed by atoms with Crippen molar-refractivity contribution in [2.45, 2.75) is 71.1 Å². The van der Waals surface area contributed by atoms with E-state index in [4.69, 9.17) is 6.42 Å². The molecule has 0 aliphatic carbocycles. The van der Waals surface area contributed by atoms with Gasteiger partial charge in [0.2, 0.25) is 0 Å². The molecule has 0 aliphatic rings. The Bertz CT molecular complexity index is 245. The Morgan fingerprint density at radius 3 is 2.47 bits per heavy atom. The van der Waals surface area contributed by atoms with Crippen LogP contribution in [0.1, 0.15) is 71.1 Å². The van der Waals surface area contributed by atoms with Crippen LogP contribution in [0.25, 0.3) is 0 Å². The summed E-state index contributed by atoms with van der Waals surface area (Å²) in [6.07, 6.45) is 16.7. The summed E-state index contributed by atoms with van der Waals surface area (Å²) < 4.78 is 0. The Morgan fingerprint density at radius 2 is 1.82 bits per heavy atom. The van der Waals surface area contributed by atoms with E-state index in [1.54, 1.807) is 0 Å². The van der Waals surface area contributed by atoms with Gasteiger partial charge < -0.3 is 0 Å². The average molecular weight is 231 g/mol. The van der Waals surface area contributed by atoms with E-state index in [-0.39, 0.29) is 0 Å². The molecular weight excluding hydrogens is 204 g/mol. The summed E-state index contributed by atoms with van der Waals surface area (Å²) >= 11 is 0. The highest BCUT2D eigenvalue weighted by Gasteiger charge is 2.03. The molecule has 0 N–H and O–H groups in total. The number of rotatable bonds is 9. The molecule has 0 amide bonds. The Balaban J connectivity index is 3.85. The zero-order chi connectivity index (χ0) is 12.8. The summed E-state index contributed by atoms with van der Waals surface area (Å²) in [6.45, 7) is 6.11. The highest BCUT2D eigenvalue weighted by Crippen LogP contribution is 2.16. The van der Waals surface area contributed by atoms with Crippen molar-refractivity contribution >= 4 is 0 Å². The van der Waals surface area contributed by atoms with Gasteiger partial charge in [0.1, 0.15) is 0 Å². The van der Waals surface area contributed by atoms with Crippen molar-refractivity contribution in [2.75, 3.05) is 0 Å². The SMILES string of the molecule is C#CCCCCC(C#CCCCC)CCC[CH2]. The molecule has 0 nitrogen and oxygen atoms in total. The normalized spacial score (nSPS) is 11.4. The first-order chi connectivity index (χ1) is 8.35. The van der Waals surface area contributed by atoms with Gasteiger partial charge in [-0.25, -0.2) is 0 Å². The quantitative estimate of drug-likeness (QED) is 0.387. The first-order valence-electron chi connectivity index (χ1n) is 7.06. The fraction of sp³-hybridized carbons (Fsp3) is 0.706. The Morgan fingerprint density at radius 1 is 1.06 bits per heavy atom. The van der Waals surface area contributed by atoms with Crippen LogP contribution in [-0.4, -0.2) is 0 Å². The van der Waals surface area contributed by atoms with Gasteiger partial charge in [0.25, 0.3) is 0 Å². The zero-order valence-corrected chi connectivity index (χ0v) is 11.4. The maximum Gasteiger partial charge on any atom is 0.0202 e. The lowest BCUT2D eigenvalue weighted by Gasteiger charge is -2.09. The fourth-order valence-electron chi connectivity index (χ4n) is 1.78. The van der Waals surface area contributed by atoms with E-state index in [1.165, 1.54) is 38.5 Å². The molecule has 0 aromatic carbocycles. The van der Waals surface area contributed by atoms with Crippen molar-refractivity contribution in [3.05, 3.63) is 6.92 Å². The molecule has 1 atom stereocenters. The van der Waals surface area contributed by atoms with E-state index < -0.39 is 0 Å². The van der Waals surface area contributed by atoms with Gasteiger partial charge in [0.15, 0.2) is 0 Å². The maximum absolute atomic E-state index is 5.25. The Kier molecular flexibility index (Phi) is 12.5. The predicted octanol–water partition coefficient (Wildman–Crippen LogP) is 4.99. The topological polar surface area (TPSA) is 0 Å². The number of hydrogen-bond donors (Lipinski definition) is 0. The minimum atomic E-state index is 0.575. The molecule has 0 heteroatoms. The molecule has 0 bridgehead atoms. The molecule has 1 unspecified atom stereocenters. The van der Waals surface area contributed by atoms with Crippen LogP contribution in [0.15, 0.2) is 0 Å². The van der Waals surface area contributed by atoms with Gasteiger partial charge in [-0.05, 0) is 25.7 Å². The second-order valence-corrected chi connectivity index (χ2v) is 4.57. The molecule has 0 aliphatic heterocycles. The Labute approximate surface area is 109 Å². The molecule has 0 aromatic rings. The van der Waals surface area contributed by atoms with Crippen LogP contribution in [0.4, 0.5) is 0 Å². The number of hydrogen-bond acceptors (Lipinski definition) is 0. The number of unbranched alkanes of at least 4 members (excludes halogenated alkanes) is 5. The molecule has 95 valence electrons. The monoisotopic (exact) mass is 231 g/mol. The van der Waals surface area contributed by atoms with Crippen molar-refractivity contribution in [1.29, 1.82) is 0 Å². The molecule has 0 aromatic heterocycles. The largest absolute Gasteiger partial charge is 0.120 e. The van der Waals surface area contributed by atoms with Crippen molar-refractivity contribution in [3.8, 4) is 24.2 Å². The van der Waals surface area contributed by atoms with Crippen molar-refractivity contribution in [1.82, 2.24) is 0 Å². The van der Waals surface area contributed by atoms with Gasteiger partial charge in [-0.1, -0.05) is 45.5 Å². The first-order valence-corrected chi connectivity index (χ1v) is 7.06. The first kappa shape index (κ1) is 16.1. The lowest BCUT2D eigenvalue weighted by molar-refractivity contribution is 0.511. The van der Waals surface area contributed by atoms with Crippen molar-refractivity contribution < 1.29 is 0 Å². The molecule has 1 radical (unpaired) electrons. The molecule has 0 spiro atoms. The molecule has 0 saturated carbocycles. The van der Waals surface area contributed by atoms with Gasteiger partial charge in [-0.2, -0.15) is 0 Å². The van der Waals surface area contributed by atoms with E-state index >= 15 is 0 Å². The minimum Gasteiger partial charge on any atom is -0.120 e. The van der Waals surface area contributed by atoms with Crippen LogP contribution < -0.4 is 0 Å². The second-order valence-electron chi connectivity index (χ2n) is 4.57. The van der Waals surface area contributed by atoms with Crippen LogP contribution in [0.5, 0.6) is 0 Å². The smallest absolute Gasteiger partial charge is 0.0202 e. The summed E-state index contributed by atoms with van der Waals surface area (Å²) in [7, 11) is 0. The third kappa shape index (κ3) is 11.4. The maximum atomic E-state index is 5.25. The number of terminal acetylenes is 1. The van der Waals surface area contributed by atoms with E-state index in [2.05, 4.69) is 31.6 Å². The fourth-order valence-corrected chi connectivity index (χ4v) is 1.78. The van der Waals surface area contributed by atoms with Gasteiger partial charge in [0.05, 0.1) is 0 Å². The van der Waals surface area contributed by atoms with Crippen molar-refractivity contribution in [3.63, 3.8) is 0 Å². The van der Waals surface area contributed by atoms with Gasteiger partial charge in [-0.3, -0.25) is 0 Å². The summed E-state index contributed by atoms with van der Waals surface area (Å²) in [5.74, 6) is 10.0. The van der Waals surface area contributed by atoms with Crippen LogP contribution in [0.2, 0.25) is 0 Å². The third-order valence-electron chi connectivity index (χ3n) is 2.89. The summed E-state index contributed by atoms with van der Waals surface area (Å²) in [5, 5.41) is 0. The van der Waals surface area contributed by atoms with Gasteiger partial charge in [-0.15, -0.1) is 18.3 Å². The predicted molar refractivity (Wildman–Crippen MR) is 77.3 cm³/mol. The molecule has 17 heavy (non-hydrogen) atoms. The van der Waals surface area contributed by atoms with Crippen LogP contribution in [0.3, 0.4) is 0 Å². The standard InChI is InChI=1S/C17H27/c1-4-7-10-12-15-17(14-9-6-3)16-13-11-8-5-2/h1,17H,3,5-12,14-15H2,2H3. The molecule has 0 fully saturated rings. The highest BCUT2D eigenvalue weighted by molar-refractivity contribution is 5.03. The average Bonchev–Trinajstić information content (AvgIpc) is 2.35. The zero-order valence-electron chi connectivity index (χ0n) is 11.4. The summed E-state index contributed by atoms with van der Waals surface area (Å²) in [4.78, 5) is 0. The summed E-state index contributed by atoms with van der Waals surface area (Å²) in [6, 6.07) is 0. The van der Waals surface area contributed by atoms with E-state index in [0.29, 0.717) is 5.92 Å². The van der Waals surface area contributed by atoms with E-state index in [1.807, 2.05) is 0 Å². The lowest BCUT2D eigenvalue weighted by Crippen LogP contribution is -1.97. The van der Waals surface area contributed by atoms with Crippen LogP contribution in [0, 0.1) is 37.0 Å². The van der Waals surface area contributed by atoms with Crippen LogP contribution in [-0.2, 0) is 0 Å². The molecule has 0 rings (SSSR count). The molecule has 0 heterocycles. The molecule has 0 saturated heterocycles. The van der Waals surface area contributed by atoms with Crippen molar-refractivity contribution in [2.24, 2.45) is 5.92 Å². The lowest BCUT2D eigenvalue weighted by atomic mass is 9.96. The van der Waals surface area contributed by atoms with Crippen LogP contribution >= 0.6 is 0 Å². The second kappa shape index (κ2) is 13.2. The third-order valence-corrected chi connectivity index (χ3v) is 2.89. The highest BCUT2D eigenvalue weighted by atomic mass is 14.1. The van der Waals surface area contributed by atoms with E-state index in [0.717, 1.165) is 25.7 Å².